The van der Waals surface area contributed by atoms with E-state index in [1.54, 1.807) is 0 Å². The van der Waals surface area contributed by atoms with Gasteiger partial charge in [-0.05, 0) is 17.7 Å². The number of fused-ring (bicyclic) bond motifs is 1. The highest BCUT2D eigenvalue weighted by atomic mass is 16.6. The quantitative estimate of drug-likeness (QED) is 0.744. The minimum absolute atomic E-state index is 0.253. The highest BCUT2D eigenvalue weighted by Gasteiger charge is 2.31. The van der Waals surface area contributed by atoms with Crippen molar-refractivity contribution in [2.45, 2.75) is 6.54 Å². The van der Waals surface area contributed by atoms with E-state index in [0.717, 1.165) is 21.4 Å². The molecule has 24 heavy (non-hydrogen) atoms. The molecule has 1 aliphatic rings. The summed E-state index contributed by atoms with van der Waals surface area (Å²) in [4.78, 5) is 25.8. The van der Waals surface area contributed by atoms with E-state index in [1.807, 2.05) is 65.2 Å². The lowest BCUT2D eigenvalue weighted by Gasteiger charge is -2.14. The number of ether oxygens (including phenoxy) is 1. The predicted octanol–water partition coefficient (Wildman–Crippen LogP) is 3.28. The molecule has 5 heteroatoms. The smallest absolute Gasteiger partial charge is 0.417 e. The van der Waals surface area contributed by atoms with E-state index in [0.29, 0.717) is 18.8 Å². The van der Waals surface area contributed by atoms with Crippen LogP contribution in [-0.4, -0.2) is 34.6 Å². The molecule has 1 aliphatic heterocycles. The maximum atomic E-state index is 12.8. The van der Waals surface area contributed by atoms with Gasteiger partial charge in [-0.25, -0.2) is 9.69 Å². The lowest BCUT2D eigenvalue weighted by molar-refractivity contribution is 0.0800. The normalized spacial score (nSPS) is 14.2. The van der Waals surface area contributed by atoms with Gasteiger partial charge in [-0.1, -0.05) is 48.5 Å². The van der Waals surface area contributed by atoms with E-state index in [1.165, 1.54) is 0 Å². The minimum atomic E-state index is -0.573. The fourth-order valence-electron chi connectivity index (χ4n) is 3.04. The molecule has 0 radical (unpaired) electrons. The van der Waals surface area contributed by atoms with Crippen LogP contribution in [0, 0.1) is 0 Å². The second-order valence-electron chi connectivity index (χ2n) is 5.73. The second kappa shape index (κ2) is 5.85. The molecule has 4 rings (SSSR count). The number of para-hydroxylation sites is 1. The zero-order valence-electron chi connectivity index (χ0n) is 13.0. The van der Waals surface area contributed by atoms with Crippen molar-refractivity contribution in [3.05, 3.63) is 71.9 Å². The fourth-order valence-corrected chi connectivity index (χ4v) is 3.04. The van der Waals surface area contributed by atoms with Gasteiger partial charge in [-0.3, -0.25) is 4.79 Å². The van der Waals surface area contributed by atoms with Crippen molar-refractivity contribution >= 4 is 22.9 Å². The molecule has 120 valence electrons. The SMILES string of the molecule is O=C1OCCN1C(=O)c1cc2ccccc2n1Cc1ccccc1. The van der Waals surface area contributed by atoms with Crippen molar-refractivity contribution in [3.8, 4) is 0 Å². The average molecular weight is 320 g/mol. The monoisotopic (exact) mass is 320 g/mol. The third-order valence-corrected chi connectivity index (χ3v) is 4.22. The van der Waals surface area contributed by atoms with Gasteiger partial charge in [-0.15, -0.1) is 0 Å². The molecular weight excluding hydrogens is 304 g/mol. The molecule has 0 spiro atoms. The summed E-state index contributed by atoms with van der Waals surface area (Å²) in [5.74, 6) is -0.315. The molecule has 5 nitrogen and oxygen atoms in total. The molecule has 2 amide bonds. The first kappa shape index (κ1) is 14.5. The molecule has 1 aromatic heterocycles. The van der Waals surface area contributed by atoms with Crippen LogP contribution >= 0.6 is 0 Å². The van der Waals surface area contributed by atoms with Gasteiger partial charge in [0.05, 0.1) is 6.54 Å². The number of cyclic esters (lactones) is 1. The summed E-state index contributed by atoms with van der Waals surface area (Å²) in [5.41, 5.74) is 2.56. The zero-order chi connectivity index (χ0) is 16.5. The molecule has 2 aromatic carbocycles. The van der Waals surface area contributed by atoms with Gasteiger partial charge in [0, 0.05) is 17.4 Å². The number of amides is 2. The lowest BCUT2D eigenvalue weighted by Crippen LogP contribution is -2.33. The first-order valence-electron chi connectivity index (χ1n) is 7.85. The average Bonchev–Trinajstić information content (AvgIpc) is 3.20. The number of rotatable bonds is 3. The van der Waals surface area contributed by atoms with E-state index < -0.39 is 6.09 Å². The lowest BCUT2D eigenvalue weighted by atomic mass is 10.2. The number of imide groups is 1. The molecule has 0 aliphatic carbocycles. The number of carbonyl (C=O) groups is 2. The first-order valence-corrected chi connectivity index (χ1v) is 7.85. The molecular formula is C19H16N2O3. The van der Waals surface area contributed by atoms with Crippen molar-refractivity contribution in [1.82, 2.24) is 9.47 Å². The van der Waals surface area contributed by atoms with Gasteiger partial charge in [0.15, 0.2) is 0 Å². The molecule has 0 saturated carbocycles. The number of carbonyl (C=O) groups excluding carboxylic acids is 2. The van der Waals surface area contributed by atoms with E-state index in [-0.39, 0.29) is 12.5 Å². The maximum absolute atomic E-state index is 12.8. The Kier molecular flexibility index (Phi) is 3.54. The zero-order valence-corrected chi connectivity index (χ0v) is 13.0. The van der Waals surface area contributed by atoms with Gasteiger partial charge in [0.1, 0.15) is 12.3 Å². The van der Waals surface area contributed by atoms with Crippen molar-refractivity contribution in [1.29, 1.82) is 0 Å². The highest BCUT2D eigenvalue weighted by Crippen LogP contribution is 2.23. The number of hydrogen-bond acceptors (Lipinski definition) is 3. The summed E-state index contributed by atoms with van der Waals surface area (Å²) in [6.45, 7) is 1.12. The van der Waals surface area contributed by atoms with Crippen LogP contribution in [0.1, 0.15) is 16.1 Å². The second-order valence-corrected chi connectivity index (χ2v) is 5.73. The molecule has 0 atom stereocenters. The van der Waals surface area contributed by atoms with Gasteiger partial charge in [0.2, 0.25) is 0 Å². The molecule has 0 unspecified atom stereocenters. The minimum Gasteiger partial charge on any atom is -0.447 e. The van der Waals surface area contributed by atoms with Gasteiger partial charge in [0.25, 0.3) is 5.91 Å². The number of benzene rings is 2. The number of nitrogens with zero attached hydrogens (tertiary/aromatic N) is 2. The Morgan fingerprint density at radius 1 is 1.04 bits per heavy atom. The Morgan fingerprint density at radius 3 is 2.54 bits per heavy atom. The predicted molar refractivity (Wildman–Crippen MR) is 89.9 cm³/mol. The van der Waals surface area contributed by atoms with Crippen LogP contribution in [0.15, 0.2) is 60.7 Å². The number of aromatic nitrogens is 1. The van der Waals surface area contributed by atoms with Crippen LogP contribution in [0.2, 0.25) is 0 Å². The molecule has 0 bridgehead atoms. The fraction of sp³-hybridized carbons (Fsp3) is 0.158. The third-order valence-electron chi connectivity index (χ3n) is 4.22. The molecule has 1 fully saturated rings. The van der Waals surface area contributed by atoms with Crippen LogP contribution < -0.4 is 0 Å². The third kappa shape index (κ3) is 2.44. The largest absolute Gasteiger partial charge is 0.447 e. The maximum Gasteiger partial charge on any atom is 0.417 e. The van der Waals surface area contributed by atoms with Crippen LogP contribution in [0.3, 0.4) is 0 Å². The Balaban J connectivity index is 1.81. The molecule has 2 heterocycles. The first-order chi connectivity index (χ1) is 11.7. The van der Waals surface area contributed by atoms with Crippen LogP contribution in [0.5, 0.6) is 0 Å². The van der Waals surface area contributed by atoms with E-state index in [9.17, 15) is 9.59 Å². The standard InChI is InChI=1S/C19H16N2O3/c22-18(20-10-11-24-19(20)23)17-12-15-8-4-5-9-16(15)21(17)13-14-6-2-1-3-7-14/h1-9,12H,10-11,13H2. The van der Waals surface area contributed by atoms with Crippen LogP contribution in [0.25, 0.3) is 10.9 Å². The number of hydrogen-bond donors (Lipinski definition) is 0. The topological polar surface area (TPSA) is 51.5 Å². The van der Waals surface area contributed by atoms with E-state index in [4.69, 9.17) is 4.74 Å². The highest BCUT2D eigenvalue weighted by molar-refractivity contribution is 6.05. The van der Waals surface area contributed by atoms with Crippen LogP contribution in [0.4, 0.5) is 4.79 Å². The van der Waals surface area contributed by atoms with E-state index in [2.05, 4.69) is 0 Å². The van der Waals surface area contributed by atoms with Crippen molar-refractivity contribution in [3.63, 3.8) is 0 Å². The Bertz CT molecular complexity index is 915. The molecule has 1 saturated heterocycles. The van der Waals surface area contributed by atoms with Gasteiger partial charge in [-0.2, -0.15) is 0 Å². The Morgan fingerprint density at radius 2 is 1.79 bits per heavy atom. The molecule has 0 N–H and O–H groups in total. The van der Waals surface area contributed by atoms with Gasteiger partial charge < -0.3 is 9.30 Å². The van der Waals surface area contributed by atoms with Crippen molar-refractivity contribution < 1.29 is 14.3 Å². The summed E-state index contributed by atoms with van der Waals surface area (Å²) in [7, 11) is 0. The van der Waals surface area contributed by atoms with Crippen molar-refractivity contribution in [2.24, 2.45) is 0 Å². The summed E-state index contributed by atoms with van der Waals surface area (Å²) >= 11 is 0. The van der Waals surface area contributed by atoms with Gasteiger partial charge >= 0.3 is 6.09 Å². The summed E-state index contributed by atoms with van der Waals surface area (Å²) in [5, 5.41) is 0.976. The Labute approximate surface area is 139 Å². The van der Waals surface area contributed by atoms with Crippen LogP contribution in [-0.2, 0) is 11.3 Å². The Hall–Kier alpha value is -3.08. The van der Waals surface area contributed by atoms with E-state index >= 15 is 0 Å². The van der Waals surface area contributed by atoms with Crippen molar-refractivity contribution in [2.75, 3.05) is 13.2 Å². The summed E-state index contributed by atoms with van der Waals surface area (Å²) < 4.78 is 6.85. The summed E-state index contributed by atoms with van der Waals surface area (Å²) in [6.07, 6.45) is -0.573. The molecule has 3 aromatic rings. The summed E-state index contributed by atoms with van der Waals surface area (Å²) in [6, 6.07) is 19.6.